The van der Waals surface area contributed by atoms with Crippen LogP contribution in [0.25, 0.3) is 0 Å². The lowest BCUT2D eigenvalue weighted by Gasteiger charge is -2.12. The van der Waals surface area contributed by atoms with Gasteiger partial charge in [-0.25, -0.2) is 14.2 Å². The van der Waals surface area contributed by atoms with E-state index in [9.17, 15) is 14.3 Å². The molecule has 0 unspecified atom stereocenters. The lowest BCUT2D eigenvalue weighted by molar-refractivity contribution is 0.251. The lowest BCUT2D eigenvalue weighted by atomic mass is 10.2. The average Bonchev–Trinajstić information content (AvgIpc) is 2.46. The Balaban J connectivity index is 1.95. The Hall–Kier alpha value is -2.67. The van der Waals surface area contributed by atoms with Crippen molar-refractivity contribution in [3.8, 4) is 5.75 Å². The zero-order valence-electron chi connectivity index (χ0n) is 13.0. The molecule has 2 aromatic rings. The van der Waals surface area contributed by atoms with Gasteiger partial charge in [0.15, 0.2) is 0 Å². The number of phenols is 1. The third-order valence-electron chi connectivity index (χ3n) is 3.08. The van der Waals surface area contributed by atoms with Gasteiger partial charge in [-0.15, -0.1) is 0 Å². The van der Waals surface area contributed by atoms with E-state index in [0.717, 1.165) is 12.1 Å². The number of nitrogens with zero attached hydrogens (tertiary/aromatic N) is 2. The molecule has 0 aliphatic heterocycles. The molecule has 6 nitrogen and oxygen atoms in total. The number of anilines is 1. The first-order valence-corrected chi connectivity index (χ1v) is 7.06. The maximum Gasteiger partial charge on any atom is 0.320 e. The molecular weight excluding hydrogens is 299 g/mol. The first kappa shape index (κ1) is 16.7. The molecule has 0 spiro atoms. The summed E-state index contributed by atoms with van der Waals surface area (Å²) in [6.07, 6.45) is 1.61. The number of hydrogen-bond donors (Lipinski definition) is 3. The summed E-state index contributed by atoms with van der Waals surface area (Å²) >= 11 is 0. The summed E-state index contributed by atoms with van der Waals surface area (Å²) in [7, 11) is 3.89. The number of amides is 2. The first-order chi connectivity index (χ1) is 11.0. The summed E-state index contributed by atoms with van der Waals surface area (Å²) in [5.41, 5.74) is 1.05. The van der Waals surface area contributed by atoms with Gasteiger partial charge in [-0.3, -0.25) is 5.32 Å². The molecule has 0 fully saturated rings. The molecule has 0 aliphatic carbocycles. The van der Waals surface area contributed by atoms with Crippen LogP contribution in [0.1, 0.15) is 11.1 Å². The number of pyridine rings is 1. The van der Waals surface area contributed by atoms with Crippen molar-refractivity contribution in [2.45, 2.75) is 13.1 Å². The highest BCUT2D eigenvalue weighted by Crippen LogP contribution is 2.19. The molecule has 122 valence electrons. The average molecular weight is 318 g/mol. The Kier molecular flexibility index (Phi) is 5.48. The highest BCUT2D eigenvalue weighted by atomic mass is 19.1. The molecule has 3 N–H and O–H groups in total. The minimum atomic E-state index is -0.573. The van der Waals surface area contributed by atoms with E-state index in [4.69, 9.17) is 0 Å². The van der Waals surface area contributed by atoms with Crippen LogP contribution in [0, 0.1) is 5.82 Å². The van der Waals surface area contributed by atoms with Crippen molar-refractivity contribution in [2.24, 2.45) is 0 Å². The standard InChI is InChI=1S/C16H19FN4O2/c1-21(2)10-11-6-7-18-15(8-11)20-16(23)19-9-12-13(17)4-3-5-14(12)22/h3-8,22H,9-10H2,1-2H3,(H2,18,19,20,23). The minimum absolute atomic E-state index is 0.0389. The van der Waals surface area contributed by atoms with E-state index < -0.39 is 11.8 Å². The van der Waals surface area contributed by atoms with Gasteiger partial charge < -0.3 is 15.3 Å². The fourth-order valence-corrected chi connectivity index (χ4v) is 2.06. The molecule has 2 amide bonds. The van der Waals surface area contributed by atoms with Crippen molar-refractivity contribution < 1.29 is 14.3 Å². The van der Waals surface area contributed by atoms with Gasteiger partial charge in [-0.1, -0.05) is 6.07 Å². The third kappa shape index (κ3) is 4.93. The first-order valence-electron chi connectivity index (χ1n) is 7.06. The monoisotopic (exact) mass is 318 g/mol. The van der Waals surface area contributed by atoms with Gasteiger partial charge in [0.25, 0.3) is 0 Å². The number of benzene rings is 1. The lowest BCUT2D eigenvalue weighted by Crippen LogP contribution is -2.29. The zero-order valence-corrected chi connectivity index (χ0v) is 13.0. The molecule has 0 radical (unpaired) electrons. The predicted molar refractivity (Wildman–Crippen MR) is 85.6 cm³/mol. The maximum atomic E-state index is 13.6. The summed E-state index contributed by atoms with van der Waals surface area (Å²) in [6.45, 7) is 0.601. The normalized spacial score (nSPS) is 10.6. The van der Waals surface area contributed by atoms with Crippen molar-refractivity contribution in [2.75, 3.05) is 19.4 Å². The number of hydrogen-bond acceptors (Lipinski definition) is 4. The highest BCUT2D eigenvalue weighted by molar-refractivity contribution is 5.88. The van der Waals surface area contributed by atoms with E-state index in [1.54, 1.807) is 12.3 Å². The van der Waals surface area contributed by atoms with Gasteiger partial charge in [0.1, 0.15) is 17.4 Å². The van der Waals surface area contributed by atoms with Crippen LogP contribution >= 0.6 is 0 Å². The number of urea groups is 1. The SMILES string of the molecule is CN(C)Cc1ccnc(NC(=O)NCc2c(O)cccc2F)c1. The van der Waals surface area contributed by atoms with E-state index in [1.807, 2.05) is 25.1 Å². The Morgan fingerprint density at radius 2 is 2.13 bits per heavy atom. The van der Waals surface area contributed by atoms with Gasteiger partial charge in [0.05, 0.1) is 6.54 Å². The molecule has 0 saturated carbocycles. The van der Waals surface area contributed by atoms with E-state index >= 15 is 0 Å². The van der Waals surface area contributed by atoms with E-state index in [2.05, 4.69) is 15.6 Å². The van der Waals surface area contributed by atoms with E-state index in [0.29, 0.717) is 5.82 Å². The van der Waals surface area contributed by atoms with E-state index in [-0.39, 0.29) is 17.9 Å². The molecule has 1 heterocycles. The number of nitrogens with one attached hydrogen (secondary N) is 2. The van der Waals surface area contributed by atoms with Crippen molar-refractivity contribution >= 4 is 11.8 Å². The Bertz CT molecular complexity index is 671. The number of phenolic OH excluding ortho intramolecular Hbond substituents is 1. The van der Waals surface area contributed by atoms with Crippen LogP contribution in [-0.4, -0.2) is 35.1 Å². The molecule has 0 aliphatic rings. The minimum Gasteiger partial charge on any atom is -0.507 e. The van der Waals surface area contributed by atoms with Crippen molar-refractivity contribution in [3.63, 3.8) is 0 Å². The molecule has 1 aromatic carbocycles. The quantitative estimate of drug-likeness (QED) is 0.790. The third-order valence-corrected chi connectivity index (χ3v) is 3.08. The number of halogens is 1. The molecule has 7 heteroatoms. The van der Waals surface area contributed by atoms with Crippen LogP contribution in [-0.2, 0) is 13.1 Å². The van der Waals surface area contributed by atoms with Gasteiger partial charge in [0.2, 0.25) is 0 Å². The Labute approximate surface area is 134 Å². The molecule has 0 saturated heterocycles. The summed E-state index contributed by atoms with van der Waals surface area (Å²) in [6, 6.07) is 7.09. The van der Waals surface area contributed by atoms with Gasteiger partial charge in [0, 0.05) is 18.3 Å². The van der Waals surface area contributed by atoms with Gasteiger partial charge in [-0.05, 0) is 43.9 Å². The predicted octanol–water partition coefficient (Wildman–Crippen LogP) is 2.31. The van der Waals surface area contributed by atoms with Crippen LogP contribution in [0.15, 0.2) is 36.5 Å². The molecule has 1 aromatic heterocycles. The summed E-state index contributed by atoms with van der Waals surface area (Å²) in [5.74, 6) is -0.368. The molecule has 0 atom stereocenters. The van der Waals surface area contributed by atoms with Crippen LogP contribution < -0.4 is 10.6 Å². The second-order valence-electron chi connectivity index (χ2n) is 5.33. The number of carbonyl (C=O) groups excluding carboxylic acids is 1. The van der Waals surface area contributed by atoms with Crippen molar-refractivity contribution in [1.82, 2.24) is 15.2 Å². The number of rotatable bonds is 5. The molecule has 0 bridgehead atoms. The number of aromatic nitrogens is 1. The zero-order chi connectivity index (χ0) is 16.8. The Morgan fingerprint density at radius 3 is 2.83 bits per heavy atom. The fraction of sp³-hybridized carbons (Fsp3) is 0.250. The summed E-state index contributed by atoms with van der Waals surface area (Å²) in [5, 5.41) is 14.7. The largest absolute Gasteiger partial charge is 0.507 e. The molecular formula is C16H19FN4O2. The number of carbonyl (C=O) groups is 1. The maximum absolute atomic E-state index is 13.6. The van der Waals surface area contributed by atoms with E-state index in [1.165, 1.54) is 18.2 Å². The second kappa shape index (κ2) is 7.55. The van der Waals surface area contributed by atoms with Crippen LogP contribution in [0.3, 0.4) is 0 Å². The van der Waals surface area contributed by atoms with Crippen LogP contribution in [0.2, 0.25) is 0 Å². The summed E-state index contributed by atoms with van der Waals surface area (Å²) in [4.78, 5) is 17.9. The number of aromatic hydroxyl groups is 1. The van der Waals surface area contributed by atoms with Crippen molar-refractivity contribution in [1.29, 1.82) is 0 Å². The van der Waals surface area contributed by atoms with Crippen molar-refractivity contribution in [3.05, 3.63) is 53.5 Å². The van der Waals surface area contributed by atoms with Crippen LogP contribution in [0.4, 0.5) is 15.0 Å². The fourth-order valence-electron chi connectivity index (χ4n) is 2.06. The molecule has 23 heavy (non-hydrogen) atoms. The van der Waals surface area contributed by atoms with Gasteiger partial charge >= 0.3 is 6.03 Å². The topological polar surface area (TPSA) is 77.5 Å². The second-order valence-corrected chi connectivity index (χ2v) is 5.33. The summed E-state index contributed by atoms with van der Waals surface area (Å²) < 4.78 is 13.6. The van der Waals surface area contributed by atoms with Gasteiger partial charge in [-0.2, -0.15) is 0 Å². The van der Waals surface area contributed by atoms with Crippen LogP contribution in [0.5, 0.6) is 5.75 Å². The molecule has 2 rings (SSSR count). The Morgan fingerprint density at radius 1 is 1.35 bits per heavy atom. The smallest absolute Gasteiger partial charge is 0.320 e. The highest BCUT2D eigenvalue weighted by Gasteiger charge is 2.10.